The Hall–Kier alpha value is 0.750. The summed E-state index contributed by atoms with van der Waals surface area (Å²) in [6.45, 7) is 9.27. The molecule has 1 unspecified atom stereocenters. The lowest BCUT2D eigenvalue weighted by molar-refractivity contribution is 0.101. The van der Waals surface area contributed by atoms with E-state index in [0.29, 0.717) is 5.92 Å². The first-order chi connectivity index (χ1) is 6.06. The van der Waals surface area contributed by atoms with Crippen LogP contribution in [0.1, 0.15) is 27.7 Å². The molecule has 0 heterocycles. The lowest BCUT2D eigenvalue weighted by atomic mass is 10.2. The van der Waals surface area contributed by atoms with E-state index < -0.39 is 0 Å². The molecule has 4 heteroatoms. The van der Waals surface area contributed by atoms with E-state index in [9.17, 15) is 0 Å². The van der Waals surface area contributed by atoms with Crippen LogP contribution >= 0.6 is 35.7 Å². The Morgan fingerprint density at radius 2 is 2.00 bits per heavy atom. The largest absolute Gasteiger partial charge is 0.367 e. The molecule has 0 bridgehead atoms. The Kier molecular flexibility index (Phi) is 8.56. The van der Waals surface area contributed by atoms with E-state index >= 15 is 0 Å². The second-order valence-corrected chi connectivity index (χ2v) is 6.86. The Morgan fingerprint density at radius 3 is 2.46 bits per heavy atom. The second-order valence-electron chi connectivity index (χ2n) is 3.10. The van der Waals surface area contributed by atoms with Gasteiger partial charge in [-0.1, -0.05) is 44.8 Å². The molecule has 0 aliphatic rings. The highest BCUT2D eigenvalue weighted by molar-refractivity contribution is 8.47. The van der Waals surface area contributed by atoms with Gasteiger partial charge in [0.05, 0.1) is 6.61 Å². The third-order valence-corrected chi connectivity index (χ3v) is 3.66. The van der Waals surface area contributed by atoms with E-state index in [1.54, 1.807) is 23.5 Å². The number of ether oxygens (including phenoxy) is 1. The van der Waals surface area contributed by atoms with E-state index in [1.165, 1.54) is 0 Å². The molecule has 0 fully saturated rings. The molecular formula is C9H18OS3. The van der Waals surface area contributed by atoms with Gasteiger partial charge in [0.2, 0.25) is 0 Å². The van der Waals surface area contributed by atoms with Crippen molar-refractivity contribution in [1.82, 2.24) is 0 Å². The minimum absolute atomic E-state index is 0.189. The molecule has 0 aromatic heterocycles. The molecular weight excluding hydrogens is 220 g/mol. The van der Waals surface area contributed by atoms with Crippen molar-refractivity contribution >= 4 is 39.3 Å². The van der Waals surface area contributed by atoms with Gasteiger partial charge < -0.3 is 4.74 Å². The van der Waals surface area contributed by atoms with E-state index in [1.807, 2.05) is 0 Å². The van der Waals surface area contributed by atoms with Crippen molar-refractivity contribution in [2.75, 3.05) is 12.4 Å². The lowest BCUT2D eigenvalue weighted by Crippen LogP contribution is -2.10. The summed E-state index contributed by atoms with van der Waals surface area (Å²) in [5.41, 5.74) is 0.189. The molecule has 0 aliphatic heterocycles. The molecule has 1 nitrogen and oxygen atoms in total. The standard InChI is InChI=1S/C9H18OS3/c1-5-12-9(11)13-8(4)10-6-7(2)3/h7-8H,5-6H2,1-4H3. The summed E-state index contributed by atoms with van der Waals surface area (Å²) >= 11 is 8.50. The van der Waals surface area contributed by atoms with E-state index in [2.05, 4.69) is 27.7 Å². The maximum atomic E-state index is 5.58. The normalized spacial score (nSPS) is 13.3. The van der Waals surface area contributed by atoms with Crippen LogP contribution in [-0.4, -0.2) is 21.3 Å². The van der Waals surface area contributed by atoms with Crippen molar-refractivity contribution in [1.29, 1.82) is 0 Å². The number of thioether (sulfide) groups is 2. The fourth-order valence-electron chi connectivity index (χ4n) is 0.649. The summed E-state index contributed by atoms with van der Waals surface area (Å²) in [7, 11) is 0. The van der Waals surface area contributed by atoms with Crippen molar-refractivity contribution in [3.63, 3.8) is 0 Å². The zero-order valence-electron chi connectivity index (χ0n) is 8.70. The van der Waals surface area contributed by atoms with E-state index in [0.717, 1.165) is 15.9 Å². The summed E-state index contributed by atoms with van der Waals surface area (Å²) in [6, 6.07) is 0. The van der Waals surface area contributed by atoms with Crippen molar-refractivity contribution in [3.05, 3.63) is 0 Å². The third kappa shape index (κ3) is 9.06. The average Bonchev–Trinajstić information content (AvgIpc) is 2.01. The van der Waals surface area contributed by atoms with Gasteiger partial charge in [0, 0.05) is 0 Å². The number of hydrogen-bond acceptors (Lipinski definition) is 4. The molecule has 78 valence electrons. The van der Waals surface area contributed by atoms with Gasteiger partial charge in [-0.3, -0.25) is 0 Å². The van der Waals surface area contributed by atoms with Gasteiger partial charge in [-0.15, -0.1) is 11.8 Å². The quantitative estimate of drug-likeness (QED) is 0.532. The van der Waals surface area contributed by atoms with Crippen LogP contribution in [0, 0.1) is 5.92 Å². The molecule has 0 rings (SSSR count). The minimum atomic E-state index is 0.189. The van der Waals surface area contributed by atoms with E-state index in [4.69, 9.17) is 17.0 Å². The van der Waals surface area contributed by atoms with E-state index in [-0.39, 0.29) is 5.44 Å². The smallest absolute Gasteiger partial charge is 0.106 e. The predicted molar refractivity (Wildman–Crippen MR) is 68.6 cm³/mol. The van der Waals surface area contributed by atoms with Crippen LogP contribution in [0.25, 0.3) is 0 Å². The number of rotatable bonds is 5. The second kappa shape index (κ2) is 8.09. The van der Waals surface area contributed by atoms with Crippen molar-refractivity contribution in [2.45, 2.75) is 33.1 Å². The van der Waals surface area contributed by atoms with Crippen LogP contribution in [-0.2, 0) is 4.74 Å². The van der Waals surface area contributed by atoms with Gasteiger partial charge in [-0.25, -0.2) is 0 Å². The lowest BCUT2D eigenvalue weighted by Gasteiger charge is -2.13. The highest BCUT2D eigenvalue weighted by Crippen LogP contribution is 2.22. The van der Waals surface area contributed by atoms with Crippen LogP contribution in [0.4, 0.5) is 0 Å². The highest BCUT2D eigenvalue weighted by Gasteiger charge is 2.07. The molecule has 13 heavy (non-hydrogen) atoms. The highest BCUT2D eigenvalue weighted by atomic mass is 32.2. The van der Waals surface area contributed by atoms with Crippen LogP contribution < -0.4 is 0 Å². The first kappa shape index (κ1) is 13.8. The van der Waals surface area contributed by atoms with Crippen molar-refractivity contribution in [2.24, 2.45) is 5.92 Å². The van der Waals surface area contributed by atoms with Crippen LogP contribution in [0.5, 0.6) is 0 Å². The number of thiocarbonyl (C=S) groups is 1. The predicted octanol–water partition coefficient (Wildman–Crippen LogP) is 3.78. The molecule has 1 atom stereocenters. The molecule has 0 saturated carbocycles. The Labute approximate surface area is 95.4 Å². The fourth-order valence-corrected chi connectivity index (χ4v) is 3.10. The van der Waals surface area contributed by atoms with Crippen LogP contribution in [0.15, 0.2) is 0 Å². The van der Waals surface area contributed by atoms with Crippen molar-refractivity contribution < 1.29 is 4.74 Å². The summed E-state index contributed by atoms with van der Waals surface area (Å²) in [5.74, 6) is 1.64. The molecule has 0 amide bonds. The first-order valence-corrected chi connectivity index (χ1v) is 6.78. The Balaban J connectivity index is 3.49. The maximum absolute atomic E-state index is 5.58. The van der Waals surface area contributed by atoms with Gasteiger partial charge in [0.25, 0.3) is 0 Å². The van der Waals surface area contributed by atoms with Crippen LogP contribution in [0.2, 0.25) is 0 Å². The minimum Gasteiger partial charge on any atom is -0.367 e. The van der Waals surface area contributed by atoms with Gasteiger partial charge in [-0.05, 0) is 18.6 Å². The van der Waals surface area contributed by atoms with Gasteiger partial charge in [0.15, 0.2) is 0 Å². The molecule has 0 aliphatic carbocycles. The fraction of sp³-hybridized carbons (Fsp3) is 0.889. The summed E-state index contributed by atoms with van der Waals surface area (Å²) in [6.07, 6.45) is 0. The molecule has 0 saturated heterocycles. The molecule has 0 N–H and O–H groups in total. The van der Waals surface area contributed by atoms with Gasteiger partial charge in [-0.2, -0.15) is 0 Å². The number of hydrogen-bond donors (Lipinski definition) is 0. The van der Waals surface area contributed by atoms with Crippen LogP contribution in [0.3, 0.4) is 0 Å². The molecule has 0 aromatic carbocycles. The third-order valence-electron chi connectivity index (χ3n) is 1.19. The monoisotopic (exact) mass is 238 g/mol. The zero-order valence-corrected chi connectivity index (χ0v) is 11.2. The molecule has 0 radical (unpaired) electrons. The summed E-state index contributed by atoms with van der Waals surface area (Å²) < 4.78 is 6.57. The zero-order chi connectivity index (χ0) is 10.3. The van der Waals surface area contributed by atoms with Gasteiger partial charge >= 0.3 is 0 Å². The SMILES string of the molecule is CCSC(=S)SC(C)OCC(C)C. The first-order valence-electron chi connectivity index (χ1n) is 4.51. The van der Waals surface area contributed by atoms with Crippen molar-refractivity contribution in [3.8, 4) is 0 Å². The Bertz CT molecular complexity index is 148. The van der Waals surface area contributed by atoms with Gasteiger partial charge in [0.1, 0.15) is 8.96 Å². The maximum Gasteiger partial charge on any atom is 0.106 e. The summed E-state index contributed by atoms with van der Waals surface area (Å²) in [4.78, 5) is 0. The molecule has 0 aromatic rings. The Morgan fingerprint density at radius 1 is 1.38 bits per heavy atom. The topological polar surface area (TPSA) is 9.23 Å². The molecule has 0 spiro atoms. The average molecular weight is 238 g/mol. The summed E-state index contributed by atoms with van der Waals surface area (Å²) in [5, 5.41) is 0.